The van der Waals surface area contributed by atoms with Gasteiger partial charge in [0.15, 0.2) is 0 Å². The maximum Gasteiger partial charge on any atom is 0.422 e. The molecule has 21 heavy (non-hydrogen) atoms. The number of halogens is 1. The van der Waals surface area contributed by atoms with Gasteiger partial charge in [0, 0.05) is 11.6 Å². The fourth-order valence-corrected chi connectivity index (χ4v) is 1.61. The standard InChI is InChI=1S/C17H20ClNO2/c1-13(2)12-19(16(20)21-17(3,4)5)11-10-14-8-6-7-9-15(14)18/h6-9H,1,12H2,2-5H3. The van der Waals surface area contributed by atoms with Crippen LogP contribution in [0.2, 0.25) is 5.02 Å². The molecule has 0 unspecified atom stereocenters. The van der Waals surface area contributed by atoms with E-state index in [-0.39, 0.29) is 0 Å². The van der Waals surface area contributed by atoms with Gasteiger partial charge in [-0.25, -0.2) is 9.69 Å². The third-order valence-corrected chi connectivity index (χ3v) is 2.57. The lowest BCUT2D eigenvalue weighted by Gasteiger charge is -2.23. The van der Waals surface area contributed by atoms with Crippen LogP contribution in [0.4, 0.5) is 4.79 Å². The van der Waals surface area contributed by atoms with E-state index in [0.717, 1.165) is 5.57 Å². The van der Waals surface area contributed by atoms with Gasteiger partial charge in [-0.3, -0.25) is 0 Å². The Hall–Kier alpha value is -1.92. The first kappa shape index (κ1) is 17.1. The molecule has 0 aromatic heterocycles. The highest BCUT2D eigenvalue weighted by Gasteiger charge is 2.21. The van der Waals surface area contributed by atoms with Gasteiger partial charge in [0.25, 0.3) is 0 Å². The summed E-state index contributed by atoms with van der Waals surface area (Å²) in [4.78, 5) is 13.4. The van der Waals surface area contributed by atoms with Crippen molar-refractivity contribution in [3.8, 4) is 12.0 Å². The molecule has 0 bridgehead atoms. The molecule has 1 rings (SSSR count). The number of carbonyl (C=O) groups excluding carboxylic acids is 1. The quantitative estimate of drug-likeness (QED) is 0.458. The summed E-state index contributed by atoms with van der Waals surface area (Å²) in [6.07, 6.45) is -0.495. The Labute approximate surface area is 131 Å². The van der Waals surface area contributed by atoms with Gasteiger partial charge >= 0.3 is 6.09 Å². The SMILES string of the molecule is C=C(C)CN(C#Cc1ccccc1Cl)C(=O)OC(C)(C)C. The van der Waals surface area contributed by atoms with Crippen LogP contribution >= 0.6 is 11.6 Å². The zero-order valence-electron chi connectivity index (χ0n) is 12.9. The number of carbonyl (C=O) groups is 1. The molecule has 0 aliphatic carbocycles. The Morgan fingerprint density at radius 1 is 1.38 bits per heavy atom. The van der Waals surface area contributed by atoms with Crippen molar-refractivity contribution in [2.24, 2.45) is 0 Å². The summed E-state index contributed by atoms with van der Waals surface area (Å²) in [7, 11) is 0. The van der Waals surface area contributed by atoms with Crippen molar-refractivity contribution >= 4 is 17.7 Å². The van der Waals surface area contributed by atoms with Crippen molar-refractivity contribution in [1.82, 2.24) is 4.90 Å². The minimum absolute atomic E-state index is 0.312. The predicted molar refractivity (Wildman–Crippen MR) is 86.1 cm³/mol. The summed E-state index contributed by atoms with van der Waals surface area (Å²) in [5.74, 6) is 2.89. The van der Waals surface area contributed by atoms with Gasteiger partial charge in [0.2, 0.25) is 0 Å². The molecule has 0 spiro atoms. The number of nitrogens with zero attached hydrogens (tertiary/aromatic N) is 1. The van der Waals surface area contributed by atoms with E-state index >= 15 is 0 Å². The Morgan fingerprint density at radius 3 is 2.52 bits per heavy atom. The van der Waals surface area contributed by atoms with Crippen LogP contribution in [0.5, 0.6) is 0 Å². The van der Waals surface area contributed by atoms with Crippen LogP contribution in [0.1, 0.15) is 33.3 Å². The summed E-state index contributed by atoms with van der Waals surface area (Å²) in [6.45, 7) is 11.4. The van der Waals surface area contributed by atoms with Crippen LogP contribution in [0.15, 0.2) is 36.4 Å². The third-order valence-electron chi connectivity index (χ3n) is 2.24. The van der Waals surface area contributed by atoms with Crippen LogP contribution in [0, 0.1) is 12.0 Å². The Kier molecular flexibility index (Phi) is 5.87. The monoisotopic (exact) mass is 305 g/mol. The summed E-state index contributed by atoms with van der Waals surface area (Å²) >= 11 is 6.04. The molecule has 0 N–H and O–H groups in total. The first-order valence-electron chi connectivity index (χ1n) is 6.60. The Bertz CT molecular complexity index is 591. The van der Waals surface area contributed by atoms with E-state index in [1.54, 1.807) is 12.1 Å². The number of hydrogen-bond donors (Lipinski definition) is 0. The summed E-state index contributed by atoms with van der Waals surface area (Å²) in [5, 5.41) is 0.546. The van der Waals surface area contributed by atoms with Crippen molar-refractivity contribution < 1.29 is 9.53 Å². The molecule has 0 aliphatic rings. The fourth-order valence-electron chi connectivity index (χ4n) is 1.43. The van der Waals surface area contributed by atoms with E-state index in [1.165, 1.54) is 4.90 Å². The maximum atomic E-state index is 12.1. The number of amides is 1. The number of hydrogen-bond acceptors (Lipinski definition) is 2. The average molecular weight is 306 g/mol. The van der Waals surface area contributed by atoms with E-state index in [2.05, 4.69) is 18.5 Å². The van der Waals surface area contributed by atoms with Crippen molar-refractivity contribution in [2.45, 2.75) is 33.3 Å². The predicted octanol–water partition coefficient (Wildman–Crippen LogP) is 4.46. The number of rotatable bonds is 2. The van der Waals surface area contributed by atoms with Crippen molar-refractivity contribution in [2.75, 3.05) is 6.54 Å². The van der Waals surface area contributed by atoms with E-state index in [4.69, 9.17) is 16.3 Å². The molecule has 0 fully saturated rings. The van der Waals surface area contributed by atoms with Crippen LogP contribution < -0.4 is 0 Å². The fraction of sp³-hybridized carbons (Fsp3) is 0.353. The smallest absolute Gasteiger partial charge is 0.422 e. The normalized spacial score (nSPS) is 10.3. The molecular formula is C17H20ClNO2. The van der Waals surface area contributed by atoms with Crippen LogP contribution in [0.25, 0.3) is 0 Å². The molecule has 1 aromatic rings. The van der Waals surface area contributed by atoms with Crippen molar-refractivity contribution in [3.63, 3.8) is 0 Å². The summed E-state index contributed by atoms with van der Waals surface area (Å²) in [5.41, 5.74) is 0.903. The van der Waals surface area contributed by atoms with Gasteiger partial charge in [-0.15, -0.1) is 0 Å². The molecule has 0 heterocycles. The highest BCUT2D eigenvalue weighted by Crippen LogP contribution is 2.14. The second kappa shape index (κ2) is 7.19. The van der Waals surface area contributed by atoms with Crippen molar-refractivity contribution in [3.05, 3.63) is 47.0 Å². The lowest BCUT2D eigenvalue weighted by Crippen LogP contribution is -2.34. The molecule has 4 heteroatoms. The second-order valence-corrected chi connectivity index (χ2v) is 6.15. The first-order valence-corrected chi connectivity index (χ1v) is 6.98. The van der Waals surface area contributed by atoms with E-state index in [1.807, 2.05) is 39.8 Å². The second-order valence-electron chi connectivity index (χ2n) is 5.74. The molecule has 0 saturated carbocycles. The van der Waals surface area contributed by atoms with Crippen LogP contribution in [0.3, 0.4) is 0 Å². The Balaban J connectivity index is 2.97. The minimum Gasteiger partial charge on any atom is -0.443 e. The largest absolute Gasteiger partial charge is 0.443 e. The molecule has 0 aliphatic heterocycles. The number of benzene rings is 1. The molecule has 0 atom stereocenters. The van der Waals surface area contributed by atoms with E-state index in [9.17, 15) is 4.79 Å². The Morgan fingerprint density at radius 2 is 2.00 bits per heavy atom. The minimum atomic E-state index is -0.573. The molecule has 3 nitrogen and oxygen atoms in total. The van der Waals surface area contributed by atoms with Gasteiger partial charge < -0.3 is 4.74 Å². The first-order chi connectivity index (χ1) is 9.69. The van der Waals surface area contributed by atoms with E-state index < -0.39 is 11.7 Å². The maximum absolute atomic E-state index is 12.1. The summed E-state index contributed by atoms with van der Waals surface area (Å²) < 4.78 is 5.33. The van der Waals surface area contributed by atoms with Gasteiger partial charge in [-0.2, -0.15) is 0 Å². The average Bonchev–Trinajstić information content (AvgIpc) is 2.33. The van der Waals surface area contributed by atoms with Crippen LogP contribution in [-0.4, -0.2) is 23.1 Å². The lowest BCUT2D eigenvalue weighted by atomic mass is 10.2. The molecule has 0 radical (unpaired) electrons. The molecule has 1 amide bonds. The van der Waals surface area contributed by atoms with Crippen molar-refractivity contribution in [1.29, 1.82) is 0 Å². The lowest BCUT2D eigenvalue weighted by molar-refractivity contribution is 0.0364. The third kappa shape index (κ3) is 6.37. The van der Waals surface area contributed by atoms with Crippen LogP contribution in [-0.2, 0) is 4.74 Å². The highest BCUT2D eigenvalue weighted by molar-refractivity contribution is 6.31. The highest BCUT2D eigenvalue weighted by atomic mass is 35.5. The zero-order valence-corrected chi connectivity index (χ0v) is 13.6. The topological polar surface area (TPSA) is 29.5 Å². The van der Waals surface area contributed by atoms with Gasteiger partial charge in [0.05, 0.1) is 11.6 Å². The number of ether oxygens (including phenoxy) is 1. The molecule has 1 aromatic carbocycles. The molecule has 112 valence electrons. The van der Waals surface area contributed by atoms with Gasteiger partial charge in [-0.1, -0.05) is 35.9 Å². The zero-order chi connectivity index (χ0) is 16.0. The van der Waals surface area contributed by atoms with E-state index in [0.29, 0.717) is 17.1 Å². The van der Waals surface area contributed by atoms with Gasteiger partial charge in [-0.05, 0) is 45.7 Å². The van der Waals surface area contributed by atoms with Gasteiger partial charge in [0.1, 0.15) is 5.60 Å². The molecule has 0 saturated heterocycles. The molecular weight excluding hydrogens is 286 g/mol. The summed E-state index contributed by atoms with van der Waals surface area (Å²) in [6, 6.07) is 10.0.